The maximum absolute atomic E-state index is 12.7. The van der Waals surface area contributed by atoms with Gasteiger partial charge in [-0.3, -0.25) is 9.59 Å². The van der Waals surface area contributed by atoms with E-state index in [1.807, 2.05) is 6.92 Å². The monoisotopic (exact) mass is 340 g/mol. The second-order valence-electron chi connectivity index (χ2n) is 5.71. The van der Waals surface area contributed by atoms with E-state index in [0.717, 1.165) is 12.8 Å². The number of nitrogens with zero attached hydrogens (tertiary/aromatic N) is 1. The lowest BCUT2D eigenvalue weighted by Gasteiger charge is -2.22. The van der Waals surface area contributed by atoms with Gasteiger partial charge in [-0.2, -0.15) is 0 Å². The number of amides is 2. The van der Waals surface area contributed by atoms with E-state index in [0.29, 0.717) is 22.8 Å². The average Bonchev–Trinajstić information content (AvgIpc) is 2.52. The third kappa shape index (κ3) is 5.84. The van der Waals surface area contributed by atoms with Crippen LogP contribution in [0.4, 0.5) is 5.69 Å². The van der Waals surface area contributed by atoms with Crippen LogP contribution in [0.15, 0.2) is 18.2 Å². The molecule has 128 valence electrons. The number of hydrogen-bond acceptors (Lipinski definition) is 3. The average molecular weight is 341 g/mol. The van der Waals surface area contributed by atoms with Crippen LogP contribution < -0.4 is 5.32 Å². The molecule has 0 fully saturated rings. The summed E-state index contributed by atoms with van der Waals surface area (Å²) in [6, 6.07) is 4.85. The van der Waals surface area contributed by atoms with Crippen molar-refractivity contribution < 1.29 is 14.7 Å². The zero-order valence-corrected chi connectivity index (χ0v) is 14.7. The maximum Gasteiger partial charge on any atom is 0.255 e. The van der Waals surface area contributed by atoms with E-state index in [-0.39, 0.29) is 30.9 Å². The first-order valence-electron chi connectivity index (χ1n) is 7.91. The maximum atomic E-state index is 12.7. The smallest absolute Gasteiger partial charge is 0.255 e. The van der Waals surface area contributed by atoms with Crippen molar-refractivity contribution >= 4 is 29.1 Å². The number of aliphatic hydroxyl groups excluding tert-OH is 1. The molecule has 2 amide bonds. The Morgan fingerprint density at radius 1 is 1.30 bits per heavy atom. The van der Waals surface area contributed by atoms with Crippen LogP contribution in [0.5, 0.6) is 0 Å². The Morgan fingerprint density at radius 2 is 2.00 bits per heavy atom. The molecule has 0 atom stereocenters. The van der Waals surface area contributed by atoms with Crippen LogP contribution in [-0.4, -0.2) is 41.5 Å². The molecule has 0 bridgehead atoms. The summed E-state index contributed by atoms with van der Waals surface area (Å²) in [6.07, 6.45) is 1.81. The number of aliphatic hydroxyl groups is 1. The van der Waals surface area contributed by atoms with Crippen molar-refractivity contribution in [3.63, 3.8) is 0 Å². The van der Waals surface area contributed by atoms with E-state index in [4.69, 9.17) is 16.7 Å². The first-order valence-corrected chi connectivity index (χ1v) is 8.29. The molecule has 0 radical (unpaired) electrons. The van der Waals surface area contributed by atoms with Gasteiger partial charge in [-0.1, -0.05) is 38.8 Å². The fraction of sp³-hybridized carbons (Fsp3) is 0.529. The van der Waals surface area contributed by atoms with Crippen molar-refractivity contribution in [3.05, 3.63) is 28.8 Å². The zero-order chi connectivity index (χ0) is 17.4. The molecule has 1 aromatic carbocycles. The van der Waals surface area contributed by atoms with Gasteiger partial charge in [-0.15, -0.1) is 0 Å². The Bertz CT molecular complexity index is 547. The van der Waals surface area contributed by atoms with Gasteiger partial charge in [0.25, 0.3) is 5.91 Å². The zero-order valence-electron chi connectivity index (χ0n) is 13.9. The Labute approximate surface area is 142 Å². The van der Waals surface area contributed by atoms with Crippen molar-refractivity contribution in [2.24, 2.45) is 5.92 Å². The predicted molar refractivity (Wildman–Crippen MR) is 92.8 cm³/mol. The van der Waals surface area contributed by atoms with Gasteiger partial charge in [0.05, 0.1) is 17.2 Å². The van der Waals surface area contributed by atoms with Crippen LogP contribution in [-0.2, 0) is 4.79 Å². The van der Waals surface area contributed by atoms with E-state index >= 15 is 0 Å². The highest BCUT2D eigenvalue weighted by Gasteiger charge is 2.19. The van der Waals surface area contributed by atoms with E-state index < -0.39 is 0 Å². The Morgan fingerprint density at radius 3 is 2.57 bits per heavy atom. The highest BCUT2D eigenvalue weighted by atomic mass is 35.5. The molecule has 5 nitrogen and oxygen atoms in total. The van der Waals surface area contributed by atoms with Gasteiger partial charge in [-0.25, -0.2) is 0 Å². The van der Waals surface area contributed by atoms with Gasteiger partial charge < -0.3 is 15.3 Å². The van der Waals surface area contributed by atoms with Crippen LogP contribution in [0, 0.1) is 5.92 Å². The molecular weight excluding hydrogens is 316 g/mol. The summed E-state index contributed by atoms with van der Waals surface area (Å²) < 4.78 is 0. The van der Waals surface area contributed by atoms with Crippen LogP contribution in [0.2, 0.25) is 5.02 Å². The number of hydrogen-bond donors (Lipinski definition) is 2. The number of rotatable bonds is 8. The number of halogens is 1. The van der Waals surface area contributed by atoms with Crippen LogP contribution >= 0.6 is 11.6 Å². The van der Waals surface area contributed by atoms with Gasteiger partial charge in [-0.05, 0) is 24.6 Å². The molecule has 0 spiro atoms. The van der Waals surface area contributed by atoms with Gasteiger partial charge in [0.1, 0.15) is 0 Å². The minimum absolute atomic E-state index is 0.100. The lowest BCUT2D eigenvalue weighted by molar-refractivity contribution is -0.118. The molecule has 0 unspecified atom stereocenters. The summed E-state index contributed by atoms with van der Waals surface area (Å²) in [5.74, 6) is -0.512. The van der Waals surface area contributed by atoms with Gasteiger partial charge in [0.2, 0.25) is 5.91 Å². The Balaban J connectivity index is 2.99. The molecule has 2 N–H and O–H groups in total. The SMILES string of the molecule is CCCCN(CCO)C(=O)c1cc(NC(=O)C(C)C)ccc1Cl. The molecular formula is C17H25ClN2O3. The number of benzene rings is 1. The third-order valence-corrected chi connectivity index (χ3v) is 3.76. The molecule has 0 aromatic heterocycles. The number of anilines is 1. The van der Waals surface area contributed by atoms with Crippen LogP contribution in [0.1, 0.15) is 44.0 Å². The molecule has 1 rings (SSSR count). The van der Waals surface area contributed by atoms with E-state index in [2.05, 4.69) is 5.32 Å². The third-order valence-electron chi connectivity index (χ3n) is 3.43. The van der Waals surface area contributed by atoms with Crippen molar-refractivity contribution in [3.8, 4) is 0 Å². The van der Waals surface area contributed by atoms with Crippen molar-refractivity contribution in [2.75, 3.05) is 25.0 Å². The Kier molecular flexibility index (Phi) is 8.06. The summed E-state index contributed by atoms with van der Waals surface area (Å²) in [5.41, 5.74) is 0.869. The minimum Gasteiger partial charge on any atom is -0.395 e. The normalized spacial score (nSPS) is 10.7. The highest BCUT2D eigenvalue weighted by molar-refractivity contribution is 6.34. The molecule has 0 heterocycles. The van der Waals surface area contributed by atoms with Crippen molar-refractivity contribution in [1.82, 2.24) is 4.90 Å². The molecule has 1 aromatic rings. The molecule has 0 saturated carbocycles. The van der Waals surface area contributed by atoms with Gasteiger partial charge in [0, 0.05) is 24.7 Å². The van der Waals surface area contributed by atoms with E-state index in [1.54, 1.807) is 36.9 Å². The topological polar surface area (TPSA) is 69.6 Å². The fourth-order valence-corrected chi connectivity index (χ4v) is 2.21. The molecule has 0 aliphatic rings. The van der Waals surface area contributed by atoms with E-state index in [1.165, 1.54) is 0 Å². The first kappa shape index (κ1) is 19.5. The van der Waals surface area contributed by atoms with Gasteiger partial charge in [0.15, 0.2) is 0 Å². The molecule has 6 heteroatoms. The number of carbonyl (C=O) groups excluding carboxylic acids is 2. The highest BCUT2D eigenvalue weighted by Crippen LogP contribution is 2.23. The Hall–Kier alpha value is -1.59. The summed E-state index contributed by atoms with van der Waals surface area (Å²) in [6.45, 7) is 6.36. The molecule has 0 aliphatic heterocycles. The quantitative estimate of drug-likeness (QED) is 0.763. The van der Waals surface area contributed by atoms with Crippen LogP contribution in [0.3, 0.4) is 0 Å². The van der Waals surface area contributed by atoms with E-state index in [9.17, 15) is 9.59 Å². The number of unbranched alkanes of at least 4 members (excludes halogenated alkanes) is 1. The van der Waals surface area contributed by atoms with Crippen LogP contribution in [0.25, 0.3) is 0 Å². The predicted octanol–water partition coefficient (Wildman–Crippen LogP) is 3.17. The minimum atomic E-state index is -0.238. The van der Waals surface area contributed by atoms with Crippen molar-refractivity contribution in [2.45, 2.75) is 33.6 Å². The first-order chi connectivity index (χ1) is 10.9. The summed E-state index contributed by atoms with van der Waals surface area (Å²) in [5, 5.41) is 12.2. The second-order valence-corrected chi connectivity index (χ2v) is 6.12. The standard InChI is InChI=1S/C17H25ClN2O3/c1-4-5-8-20(9-10-21)17(23)14-11-13(6-7-15(14)18)19-16(22)12(2)3/h6-7,11-12,21H,4-5,8-10H2,1-3H3,(H,19,22). The molecule has 0 aliphatic carbocycles. The summed E-state index contributed by atoms with van der Waals surface area (Å²) >= 11 is 6.15. The lowest BCUT2D eigenvalue weighted by Crippen LogP contribution is -2.34. The second kappa shape index (κ2) is 9.53. The number of carbonyl (C=O) groups is 2. The molecule has 0 saturated heterocycles. The van der Waals surface area contributed by atoms with Gasteiger partial charge >= 0.3 is 0 Å². The van der Waals surface area contributed by atoms with Crippen molar-refractivity contribution in [1.29, 1.82) is 0 Å². The number of nitrogens with one attached hydrogen (secondary N) is 1. The fourth-order valence-electron chi connectivity index (χ4n) is 2.01. The summed E-state index contributed by atoms with van der Waals surface area (Å²) in [4.78, 5) is 26.0. The largest absolute Gasteiger partial charge is 0.395 e. The molecule has 23 heavy (non-hydrogen) atoms. The lowest BCUT2D eigenvalue weighted by atomic mass is 10.1. The summed E-state index contributed by atoms with van der Waals surface area (Å²) in [7, 11) is 0.